The Morgan fingerprint density at radius 3 is 2.81 bits per heavy atom. The molecule has 2 aromatic heterocycles. The van der Waals surface area contributed by atoms with E-state index < -0.39 is 11.7 Å². The first kappa shape index (κ1) is 18.2. The lowest BCUT2D eigenvalue weighted by Gasteiger charge is -2.10. The molecule has 2 heterocycles. The minimum absolute atomic E-state index is 0.204. The van der Waals surface area contributed by atoms with Gasteiger partial charge in [0.25, 0.3) is 0 Å². The molecule has 5 nitrogen and oxygen atoms in total. The Balaban J connectivity index is 1.50. The highest BCUT2D eigenvalue weighted by atomic mass is 19.4. The first-order chi connectivity index (χ1) is 12.3. The predicted molar refractivity (Wildman–Crippen MR) is 91.9 cm³/mol. The fourth-order valence-electron chi connectivity index (χ4n) is 2.68. The molecule has 0 atom stereocenters. The number of ether oxygens (including phenoxy) is 1. The molecule has 26 heavy (non-hydrogen) atoms. The van der Waals surface area contributed by atoms with Gasteiger partial charge in [-0.3, -0.25) is 4.68 Å². The van der Waals surface area contributed by atoms with Crippen LogP contribution in [0.25, 0.3) is 11.0 Å². The van der Waals surface area contributed by atoms with Crippen LogP contribution in [0.2, 0.25) is 0 Å². The van der Waals surface area contributed by atoms with Gasteiger partial charge in [-0.15, -0.1) is 0 Å². The smallest absolute Gasteiger partial charge is 0.416 e. The summed E-state index contributed by atoms with van der Waals surface area (Å²) in [5.74, 6) is 0.204. The van der Waals surface area contributed by atoms with E-state index in [1.807, 2.05) is 20.0 Å². The Kier molecular flexibility index (Phi) is 5.13. The van der Waals surface area contributed by atoms with Crippen molar-refractivity contribution in [3.8, 4) is 5.75 Å². The second-order valence-electron chi connectivity index (χ2n) is 5.97. The number of aryl methyl sites for hydroxylation is 2. The quantitative estimate of drug-likeness (QED) is 0.681. The second kappa shape index (κ2) is 7.33. The van der Waals surface area contributed by atoms with Gasteiger partial charge in [0.15, 0.2) is 5.65 Å². The summed E-state index contributed by atoms with van der Waals surface area (Å²) in [6.07, 6.45) is -2.59. The lowest BCUT2D eigenvalue weighted by atomic mass is 10.2. The Morgan fingerprint density at radius 2 is 2.04 bits per heavy atom. The van der Waals surface area contributed by atoms with E-state index in [0.29, 0.717) is 13.1 Å². The molecule has 0 saturated carbocycles. The molecule has 0 aliphatic heterocycles. The largest absolute Gasteiger partial charge is 0.492 e. The lowest BCUT2D eigenvalue weighted by Crippen LogP contribution is -2.20. The normalized spacial score (nSPS) is 11.9. The number of pyridine rings is 1. The summed E-state index contributed by atoms with van der Waals surface area (Å²) in [4.78, 5) is 4.40. The van der Waals surface area contributed by atoms with Crippen molar-refractivity contribution in [2.45, 2.75) is 19.6 Å². The minimum Gasteiger partial charge on any atom is -0.492 e. The Labute approximate surface area is 148 Å². The topological polar surface area (TPSA) is 52.0 Å². The lowest BCUT2D eigenvalue weighted by molar-refractivity contribution is -0.137. The summed E-state index contributed by atoms with van der Waals surface area (Å²) in [6.45, 7) is 3.29. The SMILES string of the molecule is Cc1nn(C)c2ncc(CNCCOc3cccc(C(F)(F)F)c3)cc12. The van der Waals surface area contributed by atoms with Crippen LogP contribution < -0.4 is 10.1 Å². The third-order valence-electron chi connectivity index (χ3n) is 3.96. The molecule has 0 spiro atoms. The Hall–Kier alpha value is -2.61. The van der Waals surface area contributed by atoms with Crippen molar-refractivity contribution < 1.29 is 17.9 Å². The molecule has 1 N–H and O–H groups in total. The van der Waals surface area contributed by atoms with E-state index in [-0.39, 0.29) is 12.4 Å². The molecule has 0 radical (unpaired) electrons. The van der Waals surface area contributed by atoms with Crippen LogP contribution in [0.3, 0.4) is 0 Å². The van der Waals surface area contributed by atoms with Gasteiger partial charge in [0.05, 0.1) is 11.3 Å². The number of aromatic nitrogens is 3. The standard InChI is InChI=1S/C18H19F3N4O/c1-12-16-8-13(11-23-17(16)25(2)24-12)10-22-6-7-26-15-5-3-4-14(9-15)18(19,20)21/h3-5,8-9,11,22H,6-7,10H2,1-2H3. The van der Waals surface area contributed by atoms with E-state index in [0.717, 1.165) is 34.4 Å². The van der Waals surface area contributed by atoms with E-state index in [9.17, 15) is 13.2 Å². The third kappa shape index (κ3) is 4.13. The van der Waals surface area contributed by atoms with Gasteiger partial charge in [-0.2, -0.15) is 18.3 Å². The molecule has 8 heteroatoms. The van der Waals surface area contributed by atoms with E-state index >= 15 is 0 Å². The van der Waals surface area contributed by atoms with Gasteiger partial charge in [-0.1, -0.05) is 6.07 Å². The van der Waals surface area contributed by atoms with Gasteiger partial charge < -0.3 is 10.1 Å². The number of rotatable bonds is 6. The Morgan fingerprint density at radius 1 is 1.23 bits per heavy atom. The molecule has 0 aliphatic rings. The maximum absolute atomic E-state index is 12.7. The van der Waals surface area contributed by atoms with Crippen molar-refractivity contribution in [2.75, 3.05) is 13.2 Å². The molecule has 0 amide bonds. The van der Waals surface area contributed by atoms with Crippen LogP contribution in [0.4, 0.5) is 13.2 Å². The average molecular weight is 364 g/mol. The number of nitrogens with zero attached hydrogens (tertiary/aromatic N) is 3. The molecule has 0 saturated heterocycles. The van der Waals surface area contributed by atoms with Gasteiger partial charge in [0, 0.05) is 31.7 Å². The molecule has 0 aliphatic carbocycles. The summed E-state index contributed by atoms with van der Waals surface area (Å²) < 4.78 is 45.1. The maximum Gasteiger partial charge on any atom is 0.416 e. The van der Waals surface area contributed by atoms with Crippen LogP contribution in [0.1, 0.15) is 16.8 Å². The van der Waals surface area contributed by atoms with Gasteiger partial charge in [0.1, 0.15) is 12.4 Å². The van der Waals surface area contributed by atoms with Crippen molar-refractivity contribution in [3.05, 3.63) is 53.3 Å². The van der Waals surface area contributed by atoms with Gasteiger partial charge in [-0.25, -0.2) is 4.98 Å². The van der Waals surface area contributed by atoms with E-state index in [2.05, 4.69) is 15.4 Å². The number of alkyl halides is 3. The highest BCUT2D eigenvalue weighted by molar-refractivity contribution is 5.78. The second-order valence-corrected chi connectivity index (χ2v) is 5.97. The summed E-state index contributed by atoms with van der Waals surface area (Å²) >= 11 is 0. The molecule has 138 valence electrons. The molecule has 3 aromatic rings. The van der Waals surface area contributed by atoms with Gasteiger partial charge in [-0.05, 0) is 36.8 Å². The average Bonchev–Trinajstić information content (AvgIpc) is 2.88. The zero-order valence-electron chi connectivity index (χ0n) is 14.5. The van der Waals surface area contributed by atoms with Crippen molar-refractivity contribution in [1.29, 1.82) is 0 Å². The fraction of sp³-hybridized carbons (Fsp3) is 0.333. The first-order valence-electron chi connectivity index (χ1n) is 8.13. The number of fused-ring (bicyclic) bond motifs is 1. The molecule has 0 fully saturated rings. The van der Waals surface area contributed by atoms with Crippen LogP contribution in [0.5, 0.6) is 5.75 Å². The fourth-order valence-corrected chi connectivity index (χ4v) is 2.68. The van der Waals surface area contributed by atoms with Crippen LogP contribution in [0.15, 0.2) is 36.5 Å². The molecule has 0 bridgehead atoms. The maximum atomic E-state index is 12.7. The van der Waals surface area contributed by atoms with Crippen molar-refractivity contribution in [2.24, 2.45) is 7.05 Å². The van der Waals surface area contributed by atoms with Crippen molar-refractivity contribution in [3.63, 3.8) is 0 Å². The molecule has 0 unspecified atom stereocenters. The number of hydrogen-bond donors (Lipinski definition) is 1. The zero-order valence-corrected chi connectivity index (χ0v) is 14.5. The van der Waals surface area contributed by atoms with Gasteiger partial charge in [0.2, 0.25) is 0 Å². The van der Waals surface area contributed by atoms with E-state index in [1.165, 1.54) is 12.1 Å². The molecule has 1 aromatic carbocycles. The third-order valence-corrected chi connectivity index (χ3v) is 3.96. The highest BCUT2D eigenvalue weighted by Crippen LogP contribution is 2.31. The summed E-state index contributed by atoms with van der Waals surface area (Å²) in [6, 6.07) is 6.91. The number of nitrogens with one attached hydrogen (secondary N) is 1. The van der Waals surface area contributed by atoms with Crippen molar-refractivity contribution in [1.82, 2.24) is 20.1 Å². The zero-order chi connectivity index (χ0) is 18.7. The first-order valence-corrected chi connectivity index (χ1v) is 8.13. The monoisotopic (exact) mass is 364 g/mol. The number of hydrogen-bond acceptors (Lipinski definition) is 4. The highest BCUT2D eigenvalue weighted by Gasteiger charge is 2.30. The summed E-state index contributed by atoms with van der Waals surface area (Å²) in [5.41, 5.74) is 2.05. The predicted octanol–water partition coefficient (Wildman–Crippen LogP) is 3.46. The summed E-state index contributed by atoms with van der Waals surface area (Å²) in [7, 11) is 1.85. The Bertz CT molecular complexity index is 905. The number of halogens is 3. The van der Waals surface area contributed by atoms with Crippen LogP contribution in [-0.2, 0) is 19.8 Å². The van der Waals surface area contributed by atoms with Crippen LogP contribution in [-0.4, -0.2) is 27.9 Å². The number of benzene rings is 1. The van der Waals surface area contributed by atoms with E-state index in [4.69, 9.17) is 4.74 Å². The molecular weight excluding hydrogens is 345 g/mol. The molecular formula is C18H19F3N4O. The van der Waals surface area contributed by atoms with Crippen LogP contribution in [0, 0.1) is 6.92 Å². The summed E-state index contributed by atoms with van der Waals surface area (Å²) in [5, 5.41) is 8.53. The minimum atomic E-state index is -4.37. The molecule has 3 rings (SSSR count). The van der Waals surface area contributed by atoms with Crippen LogP contribution >= 0.6 is 0 Å². The van der Waals surface area contributed by atoms with E-state index in [1.54, 1.807) is 10.9 Å². The van der Waals surface area contributed by atoms with Crippen molar-refractivity contribution >= 4 is 11.0 Å². The van der Waals surface area contributed by atoms with Gasteiger partial charge >= 0.3 is 6.18 Å².